The van der Waals surface area contributed by atoms with Crippen molar-refractivity contribution in [3.05, 3.63) is 58.3 Å². The van der Waals surface area contributed by atoms with E-state index in [4.69, 9.17) is 4.98 Å². The SMILES string of the molecule is Brc1ccc2c(c1)Cc1c-2nc2ccccn12. The van der Waals surface area contributed by atoms with Gasteiger partial charge in [-0.05, 0) is 29.8 Å². The molecule has 2 nitrogen and oxygen atoms in total. The van der Waals surface area contributed by atoms with Crippen LogP contribution in [0.5, 0.6) is 0 Å². The van der Waals surface area contributed by atoms with Crippen LogP contribution in [0.2, 0.25) is 0 Å². The number of hydrogen-bond donors (Lipinski definition) is 0. The van der Waals surface area contributed by atoms with Gasteiger partial charge in [-0.2, -0.15) is 0 Å². The molecule has 1 aromatic carbocycles. The van der Waals surface area contributed by atoms with Crippen molar-refractivity contribution in [3.63, 3.8) is 0 Å². The van der Waals surface area contributed by atoms with E-state index >= 15 is 0 Å². The molecule has 2 heterocycles. The van der Waals surface area contributed by atoms with E-state index in [9.17, 15) is 0 Å². The van der Waals surface area contributed by atoms with E-state index in [1.165, 1.54) is 16.8 Å². The molecule has 0 bridgehead atoms. The molecule has 3 aromatic rings. The molecule has 0 N–H and O–H groups in total. The first-order chi connectivity index (χ1) is 8.33. The number of benzene rings is 1. The van der Waals surface area contributed by atoms with E-state index in [2.05, 4.69) is 50.8 Å². The molecule has 1 aliphatic carbocycles. The monoisotopic (exact) mass is 284 g/mol. The second-order valence-electron chi connectivity index (χ2n) is 4.31. The second-order valence-corrected chi connectivity index (χ2v) is 5.23. The molecule has 4 rings (SSSR count). The summed E-state index contributed by atoms with van der Waals surface area (Å²) in [4.78, 5) is 4.71. The van der Waals surface area contributed by atoms with Crippen molar-refractivity contribution in [1.82, 2.24) is 9.38 Å². The van der Waals surface area contributed by atoms with Gasteiger partial charge in [0, 0.05) is 22.7 Å². The van der Waals surface area contributed by atoms with Crippen LogP contribution in [0.1, 0.15) is 11.3 Å². The van der Waals surface area contributed by atoms with Gasteiger partial charge in [0.15, 0.2) is 0 Å². The van der Waals surface area contributed by atoms with Crippen LogP contribution in [0.3, 0.4) is 0 Å². The average Bonchev–Trinajstić information content (AvgIpc) is 2.84. The van der Waals surface area contributed by atoms with Gasteiger partial charge in [0.25, 0.3) is 0 Å². The van der Waals surface area contributed by atoms with Gasteiger partial charge in [0.2, 0.25) is 0 Å². The Morgan fingerprint density at radius 1 is 1.18 bits per heavy atom. The first-order valence-corrected chi connectivity index (χ1v) is 6.37. The number of pyridine rings is 1. The Kier molecular flexibility index (Phi) is 1.77. The van der Waals surface area contributed by atoms with Crippen molar-refractivity contribution < 1.29 is 0 Å². The molecule has 82 valence electrons. The summed E-state index contributed by atoms with van der Waals surface area (Å²) in [5, 5.41) is 0. The Bertz CT molecular complexity index is 743. The lowest BCUT2D eigenvalue weighted by Gasteiger charge is -2.00. The highest BCUT2D eigenvalue weighted by Crippen LogP contribution is 2.37. The molecule has 3 heteroatoms. The molecule has 2 aromatic heterocycles. The standard InChI is InChI=1S/C14H9BrN2/c15-10-4-5-11-9(7-10)8-12-14(11)16-13-3-1-2-6-17(12)13/h1-7H,8H2. The number of aromatic nitrogens is 2. The Labute approximate surface area is 107 Å². The highest BCUT2D eigenvalue weighted by Gasteiger charge is 2.23. The van der Waals surface area contributed by atoms with Gasteiger partial charge >= 0.3 is 0 Å². The maximum atomic E-state index is 4.71. The third-order valence-electron chi connectivity index (χ3n) is 3.31. The molecule has 0 amide bonds. The predicted octanol–water partition coefficient (Wildman–Crippen LogP) is 3.67. The summed E-state index contributed by atoms with van der Waals surface area (Å²) >= 11 is 3.52. The summed E-state index contributed by atoms with van der Waals surface area (Å²) in [5.74, 6) is 0. The molecule has 0 radical (unpaired) electrons. The van der Waals surface area contributed by atoms with Crippen molar-refractivity contribution in [1.29, 1.82) is 0 Å². The fraction of sp³-hybridized carbons (Fsp3) is 0.0714. The molecule has 0 saturated heterocycles. The summed E-state index contributed by atoms with van der Waals surface area (Å²) in [5.41, 5.74) is 6.10. The van der Waals surface area contributed by atoms with Crippen molar-refractivity contribution in [2.75, 3.05) is 0 Å². The Morgan fingerprint density at radius 3 is 3.06 bits per heavy atom. The zero-order valence-corrected chi connectivity index (χ0v) is 10.6. The van der Waals surface area contributed by atoms with Gasteiger partial charge in [0.1, 0.15) is 5.65 Å². The summed E-state index contributed by atoms with van der Waals surface area (Å²) in [6.07, 6.45) is 3.05. The van der Waals surface area contributed by atoms with Gasteiger partial charge in [-0.1, -0.05) is 28.1 Å². The summed E-state index contributed by atoms with van der Waals surface area (Å²) in [6.45, 7) is 0. The number of imidazole rings is 1. The second kappa shape index (κ2) is 3.20. The Balaban J connectivity index is 2.06. The molecule has 17 heavy (non-hydrogen) atoms. The minimum absolute atomic E-state index is 0.968. The Hall–Kier alpha value is -1.61. The number of halogens is 1. The zero-order chi connectivity index (χ0) is 11.4. The molecule has 0 saturated carbocycles. The molecule has 1 aliphatic rings. The van der Waals surface area contributed by atoms with Crippen LogP contribution in [0, 0.1) is 0 Å². The summed E-state index contributed by atoms with van der Waals surface area (Å²) in [7, 11) is 0. The predicted molar refractivity (Wildman–Crippen MR) is 71.1 cm³/mol. The fourth-order valence-corrected chi connectivity index (χ4v) is 2.96. The largest absolute Gasteiger partial charge is 0.303 e. The highest BCUT2D eigenvalue weighted by molar-refractivity contribution is 9.10. The van der Waals surface area contributed by atoms with Crippen LogP contribution in [-0.2, 0) is 6.42 Å². The Morgan fingerprint density at radius 2 is 2.12 bits per heavy atom. The van der Waals surface area contributed by atoms with E-state index in [1.54, 1.807) is 0 Å². The summed E-state index contributed by atoms with van der Waals surface area (Å²) in [6, 6.07) is 12.5. The topological polar surface area (TPSA) is 17.3 Å². The van der Waals surface area contributed by atoms with Gasteiger partial charge in [-0.3, -0.25) is 0 Å². The number of nitrogens with zero attached hydrogens (tertiary/aromatic N) is 2. The van der Waals surface area contributed by atoms with E-state index in [1.807, 2.05) is 12.1 Å². The normalized spacial score (nSPS) is 12.8. The zero-order valence-electron chi connectivity index (χ0n) is 9.02. The third-order valence-corrected chi connectivity index (χ3v) is 3.80. The fourth-order valence-electron chi connectivity index (χ4n) is 2.55. The van der Waals surface area contributed by atoms with Crippen LogP contribution < -0.4 is 0 Å². The molecular weight excluding hydrogens is 276 g/mol. The van der Waals surface area contributed by atoms with Crippen molar-refractivity contribution in [3.8, 4) is 11.3 Å². The van der Waals surface area contributed by atoms with Gasteiger partial charge < -0.3 is 4.40 Å². The van der Waals surface area contributed by atoms with E-state index in [0.717, 1.165) is 22.2 Å². The number of hydrogen-bond acceptors (Lipinski definition) is 1. The maximum absolute atomic E-state index is 4.71. The first kappa shape index (κ1) is 9.42. The highest BCUT2D eigenvalue weighted by atomic mass is 79.9. The average molecular weight is 285 g/mol. The van der Waals surface area contributed by atoms with Gasteiger partial charge in [-0.15, -0.1) is 0 Å². The molecule has 0 spiro atoms. The minimum atomic E-state index is 0.968. The van der Waals surface area contributed by atoms with E-state index in [-0.39, 0.29) is 0 Å². The minimum Gasteiger partial charge on any atom is -0.303 e. The van der Waals surface area contributed by atoms with Crippen LogP contribution in [0.4, 0.5) is 0 Å². The quantitative estimate of drug-likeness (QED) is 0.482. The maximum Gasteiger partial charge on any atom is 0.137 e. The number of rotatable bonds is 0. The summed E-state index contributed by atoms with van der Waals surface area (Å²) < 4.78 is 3.32. The van der Waals surface area contributed by atoms with Crippen LogP contribution in [0.25, 0.3) is 16.9 Å². The number of fused-ring (bicyclic) bond motifs is 5. The van der Waals surface area contributed by atoms with Gasteiger partial charge in [0.05, 0.1) is 11.4 Å². The lowest BCUT2D eigenvalue weighted by Crippen LogP contribution is -1.90. The lowest BCUT2D eigenvalue weighted by molar-refractivity contribution is 1.05. The van der Waals surface area contributed by atoms with Crippen molar-refractivity contribution >= 4 is 21.6 Å². The van der Waals surface area contributed by atoms with E-state index in [0.29, 0.717) is 0 Å². The molecule has 0 fully saturated rings. The van der Waals surface area contributed by atoms with Crippen molar-refractivity contribution in [2.24, 2.45) is 0 Å². The van der Waals surface area contributed by atoms with Crippen LogP contribution in [0.15, 0.2) is 47.1 Å². The molecule has 0 unspecified atom stereocenters. The molecule has 0 aliphatic heterocycles. The van der Waals surface area contributed by atoms with E-state index < -0.39 is 0 Å². The van der Waals surface area contributed by atoms with Gasteiger partial charge in [-0.25, -0.2) is 4.98 Å². The third kappa shape index (κ3) is 1.23. The molecular formula is C14H9BrN2. The van der Waals surface area contributed by atoms with Crippen molar-refractivity contribution in [2.45, 2.75) is 6.42 Å². The molecule has 0 atom stereocenters. The smallest absolute Gasteiger partial charge is 0.137 e. The lowest BCUT2D eigenvalue weighted by atomic mass is 10.1. The van der Waals surface area contributed by atoms with Crippen LogP contribution in [-0.4, -0.2) is 9.38 Å². The first-order valence-electron chi connectivity index (χ1n) is 5.58. The van der Waals surface area contributed by atoms with Crippen LogP contribution >= 0.6 is 15.9 Å².